The van der Waals surface area contributed by atoms with Crippen molar-refractivity contribution < 1.29 is 23.4 Å². The van der Waals surface area contributed by atoms with Crippen molar-refractivity contribution in [2.45, 2.75) is 32.8 Å². The van der Waals surface area contributed by atoms with Crippen LogP contribution < -0.4 is 10.1 Å². The molecule has 0 aliphatic carbocycles. The van der Waals surface area contributed by atoms with Crippen molar-refractivity contribution in [3.63, 3.8) is 0 Å². The molecule has 0 radical (unpaired) electrons. The van der Waals surface area contributed by atoms with Gasteiger partial charge < -0.3 is 15.2 Å². The van der Waals surface area contributed by atoms with Crippen LogP contribution in [0.4, 0.5) is 8.78 Å². The van der Waals surface area contributed by atoms with Crippen LogP contribution in [0.25, 0.3) is 0 Å². The molecular weight excluding hydrogens is 282 g/mol. The monoisotopic (exact) mass is 302 g/mol. The molecule has 21 heavy (non-hydrogen) atoms. The first-order valence-electron chi connectivity index (χ1n) is 6.72. The van der Waals surface area contributed by atoms with Crippen LogP contribution in [0.1, 0.15) is 30.8 Å². The van der Waals surface area contributed by atoms with Crippen molar-refractivity contribution in [3.8, 4) is 5.88 Å². The molecule has 0 aromatic carbocycles. The predicted octanol–water partition coefficient (Wildman–Crippen LogP) is 1.86. The SMILES string of the molecule is CC(C)CC(O)CNC(=O)c1cccc(OCC(F)F)n1. The van der Waals surface area contributed by atoms with Crippen molar-refractivity contribution in [3.05, 3.63) is 23.9 Å². The van der Waals surface area contributed by atoms with E-state index in [1.54, 1.807) is 0 Å². The topological polar surface area (TPSA) is 71.5 Å². The van der Waals surface area contributed by atoms with Crippen LogP contribution in [0.3, 0.4) is 0 Å². The lowest BCUT2D eigenvalue weighted by molar-refractivity contribution is 0.0790. The normalized spacial score (nSPS) is 12.5. The van der Waals surface area contributed by atoms with Gasteiger partial charge in [0.05, 0.1) is 6.10 Å². The molecule has 1 amide bonds. The zero-order chi connectivity index (χ0) is 15.8. The fourth-order valence-corrected chi connectivity index (χ4v) is 1.70. The molecule has 0 spiro atoms. The summed E-state index contributed by atoms with van der Waals surface area (Å²) in [6.07, 6.45) is -2.66. The largest absolute Gasteiger partial charge is 0.472 e. The second-order valence-corrected chi connectivity index (χ2v) is 5.06. The van der Waals surface area contributed by atoms with Crippen LogP contribution in [0.5, 0.6) is 5.88 Å². The van der Waals surface area contributed by atoms with E-state index in [2.05, 4.69) is 10.3 Å². The van der Waals surface area contributed by atoms with Crippen molar-refractivity contribution in [1.29, 1.82) is 0 Å². The predicted molar refractivity (Wildman–Crippen MR) is 73.5 cm³/mol. The number of amides is 1. The smallest absolute Gasteiger partial charge is 0.272 e. The number of nitrogens with one attached hydrogen (secondary N) is 1. The first-order valence-corrected chi connectivity index (χ1v) is 6.72. The second kappa shape index (κ2) is 8.51. The summed E-state index contributed by atoms with van der Waals surface area (Å²) in [6.45, 7) is 3.28. The molecule has 1 unspecified atom stereocenters. The number of hydrogen-bond acceptors (Lipinski definition) is 4. The Morgan fingerprint density at radius 2 is 2.14 bits per heavy atom. The van der Waals surface area contributed by atoms with Gasteiger partial charge in [0.15, 0.2) is 6.61 Å². The van der Waals surface area contributed by atoms with E-state index in [0.717, 1.165) is 0 Å². The summed E-state index contributed by atoms with van der Waals surface area (Å²) in [7, 11) is 0. The van der Waals surface area contributed by atoms with Gasteiger partial charge in [0.25, 0.3) is 12.3 Å². The summed E-state index contributed by atoms with van der Waals surface area (Å²) in [5.41, 5.74) is 0.0542. The van der Waals surface area contributed by atoms with Crippen LogP contribution in [0.15, 0.2) is 18.2 Å². The average Bonchev–Trinajstić information content (AvgIpc) is 2.42. The Kier molecular flexibility index (Phi) is 7.01. The number of rotatable bonds is 8. The highest BCUT2D eigenvalue weighted by molar-refractivity contribution is 5.92. The van der Waals surface area contributed by atoms with E-state index in [1.165, 1.54) is 18.2 Å². The number of aromatic nitrogens is 1. The van der Waals surface area contributed by atoms with E-state index in [1.807, 2.05) is 13.8 Å². The zero-order valence-electron chi connectivity index (χ0n) is 12.1. The number of carbonyl (C=O) groups excluding carboxylic acids is 1. The van der Waals surface area contributed by atoms with Crippen LogP contribution in [-0.4, -0.2) is 41.7 Å². The third kappa shape index (κ3) is 6.99. The summed E-state index contributed by atoms with van der Waals surface area (Å²) in [5, 5.41) is 12.2. The Balaban J connectivity index is 2.52. The number of aliphatic hydroxyl groups is 1. The number of carbonyl (C=O) groups is 1. The van der Waals surface area contributed by atoms with Crippen molar-refractivity contribution >= 4 is 5.91 Å². The lowest BCUT2D eigenvalue weighted by Gasteiger charge is -2.13. The second-order valence-electron chi connectivity index (χ2n) is 5.06. The maximum absolute atomic E-state index is 12.0. The van der Waals surface area contributed by atoms with Gasteiger partial charge in [-0.2, -0.15) is 0 Å². The van der Waals surface area contributed by atoms with E-state index < -0.39 is 25.0 Å². The minimum absolute atomic E-state index is 0.0364. The van der Waals surface area contributed by atoms with Crippen LogP contribution in [0.2, 0.25) is 0 Å². The molecule has 5 nitrogen and oxygen atoms in total. The zero-order valence-corrected chi connectivity index (χ0v) is 12.1. The van der Waals surface area contributed by atoms with Gasteiger partial charge in [-0.05, 0) is 18.4 Å². The van der Waals surface area contributed by atoms with Crippen LogP contribution in [0, 0.1) is 5.92 Å². The quantitative estimate of drug-likeness (QED) is 0.769. The van der Waals surface area contributed by atoms with E-state index in [-0.39, 0.29) is 18.1 Å². The highest BCUT2D eigenvalue weighted by atomic mass is 19.3. The highest BCUT2D eigenvalue weighted by Gasteiger charge is 2.12. The highest BCUT2D eigenvalue weighted by Crippen LogP contribution is 2.09. The Bertz CT molecular complexity index is 456. The molecule has 1 heterocycles. The van der Waals surface area contributed by atoms with Crippen LogP contribution >= 0.6 is 0 Å². The molecular formula is C14H20F2N2O3. The van der Waals surface area contributed by atoms with Crippen molar-refractivity contribution in [2.24, 2.45) is 5.92 Å². The van der Waals surface area contributed by atoms with Gasteiger partial charge in [0.2, 0.25) is 5.88 Å². The summed E-state index contributed by atoms with van der Waals surface area (Å²) in [6, 6.07) is 4.33. The number of hydrogen-bond donors (Lipinski definition) is 2. The Hall–Kier alpha value is -1.76. The first-order chi connectivity index (χ1) is 9.88. The van der Waals surface area contributed by atoms with Gasteiger partial charge in [-0.25, -0.2) is 13.8 Å². The van der Waals surface area contributed by atoms with Gasteiger partial charge >= 0.3 is 0 Å². The molecule has 1 aromatic heterocycles. The van der Waals surface area contributed by atoms with E-state index in [4.69, 9.17) is 4.74 Å². The standard InChI is InChI=1S/C14H20F2N2O3/c1-9(2)6-10(19)7-17-14(20)11-4-3-5-13(18-11)21-8-12(15)16/h3-5,9-10,12,19H,6-8H2,1-2H3,(H,17,20). The summed E-state index contributed by atoms with van der Waals surface area (Å²) in [4.78, 5) is 15.7. The summed E-state index contributed by atoms with van der Waals surface area (Å²) < 4.78 is 28.8. The minimum Gasteiger partial charge on any atom is -0.472 e. The maximum Gasteiger partial charge on any atom is 0.272 e. The Morgan fingerprint density at radius 1 is 1.43 bits per heavy atom. The molecule has 1 aromatic rings. The number of ether oxygens (including phenoxy) is 1. The van der Waals surface area contributed by atoms with Crippen LogP contribution in [-0.2, 0) is 0 Å². The average molecular weight is 302 g/mol. The van der Waals surface area contributed by atoms with E-state index >= 15 is 0 Å². The molecule has 0 fully saturated rings. The molecule has 0 aliphatic heterocycles. The molecule has 1 atom stereocenters. The fourth-order valence-electron chi connectivity index (χ4n) is 1.70. The fraction of sp³-hybridized carbons (Fsp3) is 0.571. The number of halogens is 2. The molecule has 0 saturated carbocycles. The number of aliphatic hydroxyl groups excluding tert-OH is 1. The molecule has 1 rings (SSSR count). The van der Waals surface area contributed by atoms with Gasteiger partial charge in [-0.3, -0.25) is 4.79 Å². The lowest BCUT2D eigenvalue weighted by Crippen LogP contribution is -2.33. The molecule has 118 valence electrons. The molecule has 0 saturated heterocycles. The molecule has 2 N–H and O–H groups in total. The third-order valence-corrected chi connectivity index (χ3v) is 2.56. The molecule has 0 aliphatic rings. The van der Waals surface area contributed by atoms with Gasteiger partial charge in [0.1, 0.15) is 5.69 Å². The van der Waals surface area contributed by atoms with E-state index in [0.29, 0.717) is 12.3 Å². The van der Waals surface area contributed by atoms with E-state index in [9.17, 15) is 18.7 Å². The summed E-state index contributed by atoms with van der Waals surface area (Å²) >= 11 is 0. The molecule has 0 bridgehead atoms. The van der Waals surface area contributed by atoms with Crippen molar-refractivity contribution in [1.82, 2.24) is 10.3 Å². The van der Waals surface area contributed by atoms with Gasteiger partial charge in [-0.1, -0.05) is 19.9 Å². The Morgan fingerprint density at radius 3 is 2.76 bits per heavy atom. The lowest BCUT2D eigenvalue weighted by atomic mass is 10.1. The molecule has 7 heteroatoms. The number of alkyl halides is 2. The Labute approximate surface area is 122 Å². The summed E-state index contributed by atoms with van der Waals surface area (Å²) in [5.74, 6) is -0.202. The third-order valence-electron chi connectivity index (χ3n) is 2.56. The van der Waals surface area contributed by atoms with Gasteiger partial charge in [-0.15, -0.1) is 0 Å². The number of pyridine rings is 1. The minimum atomic E-state index is -2.60. The maximum atomic E-state index is 12.0. The first kappa shape index (κ1) is 17.3. The number of nitrogens with zero attached hydrogens (tertiary/aromatic N) is 1. The van der Waals surface area contributed by atoms with Crippen molar-refractivity contribution in [2.75, 3.05) is 13.2 Å². The van der Waals surface area contributed by atoms with Gasteiger partial charge in [0, 0.05) is 12.6 Å².